The van der Waals surface area contributed by atoms with Gasteiger partial charge in [0.2, 0.25) is 5.91 Å². The first-order valence-corrected chi connectivity index (χ1v) is 7.52. The first-order valence-electron chi connectivity index (χ1n) is 7.52. The van der Waals surface area contributed by atoms with Gasteiger partial charge in [0.1, 0.15) is 0 Å². The molecule has 1 aliphatic rings. The van der Waals surface area contributed by atoms with Crippen LogP contribution >= 0.6 is 0 Å². The number of amides is 1. The number of hydrogen-bond donors (Lipinski definition) is 2. The number of carbonyl (C=O) groups is 1. The van der Waals surface area contributed by atoms with Crippen molar-refractivity contribution in [3.05, 3.63) is 35.9 Å². The molecule has 20 heavy (non-hydrogen) atoms. The van der Waals surface area contributed by atoms with Crippen molar-refractivity contribution in [1.82, 2.24) is 10.6 Å². The van der Waals surface area contributed by atoms with Gasteiger partial charge in [0, 0.05) is 12.6 Å². The molecule has 3 heteroatoms. The van der Waals surface area contributed by atoms with Gasteiger partial charge in [-0.1, -0.05) is 51.1 Å². The minimum absolute atomic E-state index is 0.0531. The number of nitrogens with one attached hydrogen (secondary N) is 2. The van der Waals surface area contributed by atoms with Gasteiger partial charge < -0.3 is 10.6 Å². The van der Waals surface area contributed by atoms with Crippen LogP contribution in [0.15, 0.2) is 30.3 Å². The van der Waals surface area contributed by atoms with Crippen molar-refractivity contribution in [2.24, 2.45) is 11.3 Å². The maximum atomic E-state index is 12.3. The van der Waals surface area contributed by atoms with Gasteiger partial charge in [-0.15, -0.1) is 0 Å². The summed E-state index contributed by atoms with van der Waals surface area (Å²) >= 11 is 0. The third-order valence-corrected chi connectivity index (χ3v) is 4.08. The molecule has 0 spiro atoms. The minimum atomic E-state index is 0.0531. The summed E-state index contributed by atoms with van der Waals surface area (Å²) in [5, 5.41) is 6.52. The summed E-state index contributed by atoms with van der Waals surface area (Å²) in [5.74, 6) is 0.335. The van der Waals surface area contributed by atoms with E-state index in [1.807, 2.05) is 6.07 Å². The second-order valence-corrected chi connectivity index (χ2v) is 6.81. The summed E-state index contributed by atoms with van der Waals surface area (Å²) in [6, 6.07) is 10.6. The highest BCUT2D eigenvalue weighted by Gasteiger charge is 2.30. The molecule has 1 saturated heterocycles. The molecule has 1 aromatic rings. The van der Waals surface area contributed by atoms with Gasteiger partial charge >= 0.3 is 0 Å². The molecule has 0 saturated carbocycles. The molecule has 2 rings (SSSR count). The Morgan fingerprint density at radius 3 is 2.60 bits per heavy atom. The van der Waals surface area contributed by atoms with Crippen LogP contribution in [-0.4, -0.2) is 25.0 Å². The second-order valence-electron chi connectivity index (χ2n) is 6.81. The van der Waals surface area contributed by atoms with Crippen LogP contribution in [0.1, 0.15) is 32.8 Å². The van der Waals surface area contributed by atoms with Crippen molar-refractivity contribution in [3.8, 4) is 0 Å². The highest BCUT2D eigenvalue weighted by atomic mass is 16.2. The van der Waals surface area contributed by atoms with Crippen LogP contribution in [0, 0.1) is 11.3 Å². The summed E-state index contributed by atoms with van der Waals surface area (Å²) in [5.41, 5.74) is 1.33. The van der Waals surface area contributed by atoms with E-state index in [1.54, 1.807) is 0 Å². The zero-order valence-electron chi connectivity index (χ0n) is 12.8. The highest BCUT2D eigenvalue weighted by Crippen LogP contribution is 2.23. The minimum Gasteiger partial charge on any atom is -0.352 e. The fourth-order valence-corrected chi connectivity index (χ4v) is 2.59. The number of benzene rings is 1. The molecule has 0 radical (unpaired) electrons. The van der Waals surface area contributed by atoms with Crippen molar-refractivity contribution in [1.29, 1.82) is 0 Å². The molecule has 1 aromatic carbocycles. The topological polar surface area (TPSA) is 41.1 Å². The molecule has 2 N–H and O–H groups in total. The lowest BCUT2D eigenvalue weighted by Crippen LogP contribution is -2.47. The zero-order chi connectivity index (χ0) is 14.6. The molecule has 0 unspecified atom stereocenters. The normalized spacial score (nSPS) is 20.6. The molecule has 1 fully saturated rings. The average Bonchev–Trinajstić information content (AvgIpc) is 2.92. The molecule has 0 bridgehead atoms. The monoisotopic (exact) mass is 274 g/mol. The van der Waals surface area contributed by atoms with Gasteiger partial charge in [-0.25, -0.2) is 0 Å². The van der Waals surface area contributed by atoms with E-state index < -0.39 is 0 Å². The van der Waals surface area contributed by atoms with E-state index >= 15 is 0 Å². The number of hydrogen-bond acceptors (Lipinski definition) is 2. The molecular weight excluding hydrogens is 248 g/mol. The maximum absolute atomic E-state index is 12.3. The van der Waals surface area contributed by atoms with Gasteiger partial charge in [-0.05, 0) is 30.4 Å². The average molecular weight is 274 g/mol. The SMILES string of the molecule is CC(C)(C)[C@@H](Cc1ccccc1)NC(=O)[C@@H]1CCNC1. The summed E-state index contributed by atoms with van der Waals surface area (Å²) in [6.07, 6.45) is 1.84. The summed E-state index contributed by atoms with van der Waals surface area (Å²) in [7, 11) is 0. The zero-order valence-corrected chi connectivity index (χ0v) is 12.8. The Bertz CT molecular complexity index is 430. The molecule has 3 nitrogen and oxygen atoms in total. The third-order valence-electron chi connectivity index (χ3n) is 4.08. The van der Waals surface area contributed by atoms with Gasteiger partial charge in [0.05, 0.1) is 5.92 Å². The van der Waals surface area contributed by atoms with Crippen LogP contribution in [-0.2, 0) is 11.2 Å². The van der Waals surface area contributed by atoms with Crippen LogP contribution in [0.4, 0.5) is 0 Å². The number of carbonyl (C=O) groups excluding carboxylic acids is 1. The molecule has 1 heterocycles. The predicted octanol–water partition coefficient (Wildman–Crippen LogP) is 2.37. The second kappa shape index (κ2) is 6.40. The first kappa shape index (κ1) is 15.0. The Labute approximate surface area is 122 Å². The molecule has 0 aliphatic carbocycles. The van der Waals surface area contributed by atoms with Crippen LogP contribution in [0.3, 0.4) is 0 Å². The lowest BCUT2D eigenvalue weighted by molar-refractivity contribution is -0.125. The largest absolute Gasteiger partial charge is 0.352 e. The quantitative estimate of drug-likeness (QED) is 0.885. The van der Waals surface area contributed by atoms with E-state index in [2.05, 4.69) is 55.7 Å². The lowest BCUT2D eigenvalue weighted by Gasteiger charge is -2.32. The van der Waals surface area contributed by atoms with E-state index in [9.17, 15) is 4.79 Å². The summed E-state index contributed by atoms with van der Waals surface area (Å²) in [4.78, 5) is 12.3. The van der Waals surface area contributed by atoms with E-state index in [4.69, 9.17) is 0 Å². The van der Waals surface area contributed by atoms with Crippen molar-refractivity contribution in [3.63, 3.8) is 0 Å². The summed E-state index contributed by atoms with van der Waals surface area (Å²) in [6.45, 7) is 8.33. The molecule has 1 amide bonds. The summed E-state index contributed by atoms with van der Waals surface area (Å²) < 4.78 is 0. The third kappa shape index (κ3) is 4.07. The van der Waals surface area contributed by atoms with Crippen LogP contribution in [0.25, 0.3) is 0 Å². The standard InChI is InChI=1S/C17H26N2O/c1-17(2,3)15(11-13-7-5-4-6-8-13)19-16(20)14-9-10-18-12-14/h4-8,14-15,18H,9-12H2,1-3H3,(H,19,20)/t14-,15-/m1/s1. The van der Waals surface area contributed by atoms with Crippen molar-refractivity contribution in [2.75, 3.05) is 13.1 Å². The molecule has 2 atom stereocenters. The Morgan fingerprint density at radius 2 is 2.05 bits per heavy atom. The fourth-order valence-electron chi connectivity index (χ4n) is 2.59. The molecule has 110 valence electrons. The Kier molecular flexibility index (Phi) is 4.81. The maximum Gasteiger partial charge on any atom is 0.224 e. The lowest BCUT2D eigenvalue weighted by atomic mass is 9.82. The highest BCUT2D eigenvalue weighted by molar-refractivity contribution is 5.79. The Balaban J connectivity index is 2.02. The fraction of sp³-hybridized carbons (Fsp3) is 0.588. The predicted molar refractivity (Wildman–Crippen MR) is 82.5 cm³/mol. The van der Waals surface area contributed by atoms with Crippen molar-refractivity contribution in [2.45, 2.75) is 39.7 Å². The smallest absolute Gasteiger partial charge is 0.224 e. The number of rotatable bonds is 4. The van der Waals surface area contributed by atoms with Crippen LogP contribution in [0.2, 0.25) is 0 Å². The van der Waals surface area contributed by atoms with E-state index in [0.717, 1.165) is 25.9 Å². The van der Waals surface area contributed by atoms with E-state index in [1.165, 1.54) is 5.56 Å². The van der Waals surface area contributed by atoms with Crippen molar-refractivity contribution >= 4 is 5.91 Å². The Hall–Kier alpha value is -1.35. The molecule has 1 aliphatic heterocycles. The van der Waals surface area contributed by atoms with Gasteiger partial charge in [0.25, 0.3) is 0 Å². The van der Waals surface area contributed by atoms with Gasteiger partial charge in [0.15, 0.2) is 0 Å². The Morgan fingerprint density at radius 1 is 1.35 bits per heavy atom. The van der Waals surface area contributed by atoms with E-state index in [-0.39, 0.29) is 23.3 Å². The molecule has 0 aromatic heterocycles. The van der Waals surface area contributed by atoms with Crippen molar-refractivity contribution < 1.29 is 4.79 Å². The molecular formula is C17H26N2O. The first-order chi connectivity index (χ1) is 9.47. The van der Waals surface area contributed by atoms with Crippen LogP contribution in [0.5, 0.6) is 0 Å². The van der Waals surface area contributed by atoms with E-state index in [0.29, 0.717) is 0 Å². The van der Waals surface area contributed by atoms with Crippen LogP contribution < -0.4 is 10.6 Å². The van der Waals surface area contributed by atoms with Gasteiger partial charge in [-0.2, -0.15) is 0 Å². The van der Waals surface area contributed by atoms with Gasteiger partial charge in [-0.3, -0.25) is 4.79 Å².